The van der Waals surface area contributed by atoms with Crippen molar-refractivity contribution in [2.45, 2.75) is 163 Å². The fourth-order valence-electron chi connectivity index (χ4n) is 17.4. The van der Waals surface area contributed by atoms with E-state index < -0.39 is 52.6 Å². The number of nitrogens with zero attached hydrogens (tertiary/aromatic N) is 20. The fourth-order valence-corrected chi connectivity index (χ4v) is 17.4. The van der Waals surface area contributed by atoms with Crippen molar-refractivity contribution in [1.29, 1.82) is 0 Å². The zero-order valence-corrected chi connectivity index (χ0v) is 76.4. The topological polar surface area (TPSA) is 408 Å². The molecule has 0 spiro atoms. The molecule has 13 heterocycles. The summed E-state index contributed by atoms with van der Waals surface area (Å²) in [6, 6.07) is 31.1. The minimum absolute atomic E-state index is 0.0163. The molecule has 17 rings (SSSR count). The number of imidazole rings is 3. The van der Waals surface area contributed by atoms with Gasteiger partial charge in [0.25, 0.3) is 11.8 Å². The first-order valence-corrected chi connectivity index (χ1v) is 44.9. The van der Waals surface area contributed by atoms with Crippen molar-refractivity contribution in [3.05, 3.63) is 233 Å². The predicted molar refractivity (Wildman–Crippen MR) is 500 cm³/mol. The van der Waals surface area contributed by atoms with E-state index >= 15 is 13.2 Å². The van der Waals surface area contributed by atoms with Crippen LogP contribution in [0, 0.1) is 55.7 Å². The average molecular weight is 1860 g/mol. The maximum absolute atomic E-state index is 15.0. The maximum Gasteiger partial charge on any atom is 0.276 e. The summed E-state index contributed by atoms with van der Waals surface area (Å²) in [5.74, 6) is -0.115. The molecule has 0 radical (unpaired) electrons. The van der Waals surface area contributed by atoms with Gasteiger partial charge in [0.2, 0.25) is 29.7 Å². The van der Waals surface area contributed by atoms with Gasteiger partial charge in [-0.15, -0.1) is 0 Å². The SMILES string of the molecule is Cc1nc2c(F)cc(-c3nc(Nc4ccc(C5CCN(Cc6ccc(C(=O)NO)cc6)CC5)cn4)ncc3F)cc2n1C(C)C.Cc1nc2c(F)cc(-c3nc(Nc4ccc(CN5CCN(C(=O)CCCCCC(=O)NO)CC5)cn4)ncc3F)cc2n1C(C)C.Cc1nc2c(F)cc(-c3nc(Nc4ccc(N5CCC(Nc6ccc(C(=O)NO)cn6)CC5)cn4)ncc3F)cc2n1C(C)C. The molecule has 34 nitrogen and oxygen atoms in total. The molecule has 3 aliphatic heterocycles. The number of pyridine rings is 4. The summed E-state index contributed by atoms with van der Waals surface area (Å²) >= 11 is 0. The highest BCUT2D eigenvalue weighted by Gasteiger charge is 2.29. The number of piperazine rings is 1. The van der Waals surface area contributed by atoms with E-state index in [4.69, 9.17) is 15.6 Å². The summed E-state index contributed by atoms with van der Waals surface area (Å²) in [7, 11) is 0. The van der Waals surface area contributed by atoms with Gasteiger partial charge in [0, 0.05) is 130 Å². The minimum Gasteiger partial charge on any atom is -0.370 e. The number of amides is 4. The lowest BCUT2D eigenvalue weighted by molar-refractivity contribution is -0.133. The lowest BCUT2D eigenvalue weighted by Gasteiger charge is -2.34. The summed E-state index contributed by atoms with van der Waals surface area (Å²) < 4.78 is 95.5. The summed E-state index contributed by atoms with van der Waals surface area (Å²) in [6.45, 7) is 25.1. The number of unbranched alkanes of at least 4 members (excludes halogenated alkanes) is 2. The zero-order chi connectivity index (χ0) is 96.1. The van der Waals surface area contributed by atoms with Crippen molar-refractivity contribution in [1.82, 2.24) is 110 Å². The monoisotopic (exact) mass is 1860 g/mol. The molecule has 3 fully saturated rings. The van der Waals surface area contributed by atoms with Crippen LogP contribution < -0.4 is 42.6 Å². The molecule has 0 unspecified atom stereocenters. The second-order valence-electron chi connectivity index (χ2n) is 34.5. The number of benzene rings is 4. The minimum atomic E-state index is -0.675. The molecule has 708 valence electrons. The number of likely N-dealkylation sites (tertiary alicyclic amines) is 1. The number of nitrogens with one attached hydrogen (secondary N) is 7. The first-order chi connectivity index (χ1) is 65.5. The Balaban J connectivity index is 0.000000155. The number of carbonyl (C=O) groups is 4. The van der Waals surface area contributed by atoms with Crippen molar-refractivity contribution in [2.75, 3.05) is 78.5 Å². The molecular formula is C96H105F6N27O7. The predicted octanol–water partition coefficient (Wildman–Crippen LogP) is 16.6. The number of hydrogen-bond donors (Lipinski definition) is 10. The number of anilines is 8. The molecule has 10 aromatic heterocycles. The Morgan fingerprint density at radius 1 is 0.397 bits per heavy atom. The standard InChI is InChI=1S/C33H34F2N8O2.C32H39F2N9O3.C31H32F2N10O2/c1-19(2)43-20(3)38-31-26(34)14-25(15-28(31)43)30-27(35)17-37-33(40-30)39-29-9-8-24(16-36-29)22-10-12-42(13-11-22)18-21-4-6-23(7-5-21)32(44)41-45;1-20(2)43-21(3)37-31-24(33)15-23(16-26(31)43)30-25(34)18-36-32(39-30)38-27-10-9-22(17-35-27)19-41-11-13-42(14-12-41)29(45)8-6-4-5-7-28(44)40-46;1-17(2)43-18(3)37-29-23(32)12-20(13-25(29)43)28-24(33)16-36-31(40-28)39-27-7-5-22(15-35-27)42-10-8-21(9-11-42)38-26-6-4-19(14-34-26)30(44)41-45/h4-9,14-17,19,22,45H,10-13,18H2,1-3H3,(H,41,44)(H,36,37,39,40);9-10,15-18,20,46H,4-8,11-14,19H2,1-3H3,(H,40,44)(H,35,36,38,39);4-7,12-17,21,45H,8-11H2,1-3H3,(H,34,38)(H,41,44)(H,35,36,39,40). The molecule has 3 aliphatic rings. The molecule has 0 atom stereocenters. The first kappa shape index (κ1) is 96.0. The zero-order valence-electron chi connectivity index (χ0n) is 76.4. The fraction of sp³-hybridized carbons (Fsp3) is 0.344. The highest BCUT2D eigenvalue weighted by molar-refractivity contribution is 5.94. The van der Waals surface area contributed by atoms with Crippen LogP contribution in [-0.2, 0) is 22.7 Å². The van der Waals surface area contributed by atoms with E-state index in [0.717, 1.165) is 119 Å². The first-order valence-electron chi connectivity index (χ1n) is 44.9. The summed E-state index contributed by atoms with van der Waals surface area (Å²) in [5, 5.41) is 38.5. The molecule has 40 heteroatoms. The van der Waals surface area contributed by atoms with Gasteiger partial charge in [-0.2, -0.15) is 0 Å². The third kappa shape index (κ3) is 22.9. The van der Waals surface area contributed by atoms with E-state index in [0.29, 0.717) is 113 Å². The molecule has 4 aromatic carbocycles. The van der Waals surface area contributed by atoms with Gasteiger partial charge >= 0.3 is 0 Å². The van der Waals surface area contributed by atoms with Crippen LogP contribution in [0.25, 0.3) is 66.9 Å². The Morgan fingerprint density at radius 3 is 1.24 bits per heavy atom. The number of carbonyl (C=O) groups excluding carboxylic acids is 4. The van der Waals surface area contributed by atoms with Crippen LogP contribution in [0.15, 0.2) is 153 Å². The van der Waals surface area contributed by atoms with Gasteiger partial charge in [0.15, 0.2) is 34.9 Å². The summed E-state index contributed by atoms with van der Waals surface area (Å²) in [4.78, 5) is 112. The number of aryl methyl sites for hydroxylation is 3. The second-order valence-corrected chi connectivity index (χ2v) is 34.5. The van der Waals surface area contributed by atoms with Crippen molar-refractivity contribution in [3.8, 4) is 33.8 Å². The second kappa shape index (κ2) is 43.2. The van der Waals surface area contributed by atoms with E-state index in [1.54, 1.807) is 83.4 Å². The third-order valence-electron chi connectivity index (χ3n) is 24.1. The van der Waals surface area contributed by atoms with Crippen LogP contribution in [-0.4, -0.2) is 191 Å². The largest absolute Gasteiger partial charge is 0.370 e. The van der Waals surface area contributed by atoms with Gasteiger partial charge in [0.1, 0.15) is 74.4 Å². The Hall–Kier alpha value is -14.6. The number of piperidine rings is 2. The van der Waals surface area contributed by atoms with E-state index in [-0.39, 0.29) is 105 Å². The highest BCUT2D eigenvalue weighted by atomic mass is 19.1. The maximum atomic E-state index is 15.0. The van der Waals surface area contributed by atoms with Gasteiger partial charge in [-0.25, -0.2) is 108 Å². The van der Waals surface area contributed by atoms with Crippen molar-refractivity contribution < 1.29 is 61.1 Å². The van der Waals surface area contributed by atoms with E-state index in [9.17, 15) is 32.3 Å². The van der Waals surface area contributed by atoms with Crippen LogP contribution in [0.4, 0.5) is 73.1 Å². The van der Waals surface area contributed by atoms with Crippen LogP contribution >= 0.6 is 0 Å². The Labute approximate surface area is 778 Å². The molecule has 14 aromatic rings. The van der Waals surface area contributed by atoms with Gasteiger partial charge in [-0.05, 0) is 221 Å². The smallest absolute Gasteiger partial charge is 0.276 e. The number of rotatable bonds is 28. The van der Waals surface area contributed by atoms with Gasteiger partial charge in [0.05, 0.1) is 52.6 Å². The average Bonchev–Trinajstić information content (AvgIpc) is 1.62. The summed E-state index contributed by atoms with van der Waals surface area (Å²) in [6.07, 6.45) is 16.5. The van der Waals surface area contributed by atoms with Crippen molar-refractivity contribution in [2.24, 2.45) is 0 Å². The van der Waals surface area contributed by atoms with Crippen LogP contribution in [0.3, 0.4) is 0 Å². The third-order valence-corrected chi connectivity index (χ3v) is 24.1. The quantitative estimate of drug-likeness (QED) is 0.00942. The lowest BCUT2D eigenvalue weighted by Crippen LogP contribution is -2.48. The van der Waals surface area contributed by atoms with Crippen LogP contribution in [0.5, 0.6) is 0 Å². The molecule has 10 N–H and O–H groups in total. The number of aromatic nitrogens is 16. The Morgan fingerprint density at radius 2 is 0.816 bits per heavy atom. The summed E-state index contributed by atoms with van der Waals surface area (Å²) in [5.41, 5.74) is 13.0. The lowest BCUT2D eigenvalue weighted by atomic mass is 9.90. The molecular weight excluding hydrogens is 1760 g/mol. The normalized spacial score (nSPS) is 14.0. The number of hydroxylamine groups is 3. The Kier molecular flexibility index (Phi) is 30.5. The number of fused-ring (bicyclic) bond motifs is 3. The van der Waals surface area contributed by atoms with E-state index in [2.05, 4.69) is 101 Å². The van der Waals surface area contributed by atoms with Gasteiger partial charge in [-0.1, -0.05) is 30.7 Å². The van der Waals surface area contributed by atoms with E-state index in [1.807, 2.05) is 124 Å². The van der Waals surface area contributed by atoms with Crippen LogP contribution in [0.2, 0.25) is 0 Å². The number of halogens is 6. The van der Waals surface area contributed by atoms with E-state index in [1.165, 1.54) is 24.4 Å². The van der Waals surface area contributed by atoms with Gasteiger partial charge < -0.3 is 44.8 Å². The molecule has 0 saturated carbocycles. The highest BCUT2D eigenvalue weighted by Crippen LogP contribution is 2.37. The number of hydrogen-bond acceptors (Lipinski definition) is 27. The molecule has 0 bridgehead atoms. The Bertz CT molecular complexity index is 6340. The van der Waals surface area contributed by atoms with Crippen LogP contribution in [0.1, 0.15) is 178 Å². The molecule has 4 amide bonds. The molecule has 3 saturated heterocycles. The molecule has 136 heavy (non-hydrogen) atoms. The molecule has 0 aliphatic carbocycles. The van der Waals surface area contributed by atoms with Crippen molar-refractivity contribution >= 4 is 104 Å². The van der Waals surface area contributed by atoms with Gasteiger partial charge in [-0.3, -0.25) is 44.6 Å². The van der Waals surface area contributed by atoms with Crippen molar-refractivity contribution in [3.63, 3.8) is 0 Å².